The Morgan fingerprint density at radius 1 is 1.29 bits per heavy atom. The molecule has 1 aromatic carbocycles. The van der Waals surface area contributed by atoms with E-state index in [1.54, 1.807) is 0 Å². The Morgan fingerprint density at radius 3 is 2.88 bits per heavy atom. The topological polar surface area (TPSA) is 15.6 Å². The number of rotatable bonds is 2. The molecule has 88 valence electrons. The Morgan fingerprint density at radius 2 is 2.12 bits per heavy atom. The fraction of sp³-hybridized carbons (Fsp3) is 0.400. The first kappa shape index (κ1) is 10.6. The van der Waals surface area contributed by atoms with Crippen LogP contribution in [0.25, 0.3) is 5.57 Å². The first-order chi connectivity index (χ1) is 8.40. The lowest BCUT2D eigenvalue weighted by Crippen LogP contribution is -2.40. The van der Waals surface area contributed by atoms with Crippen LogP contribution in [-0.4, -0.2) is 29.9 Å². The van der Waals surface area contributed by atoms with Crippen LogP contribution in [0.3, 0.4) is 0 Å². The highest BCUT2D eigenvalue weighted by Gasteiger charge is 2.30. The average molecular weight is 226 g/mol. The van der Waals surface area contributed by atoms with E-state index in [4.69, 9.17) is 0 Å². The SMILES string of the molecule is CCC1CC=C(c2ccccc2)C2=NCCN21. The van der Waals surface area contributed by atoms with Crippen molar-refractivity contribution in [1.82, 2.24) is 4.90 Å². The maximum atomic E-state index is 4.69. The summed E-state index contributed by atoms with van der Waals surface area (Å²) in [5.74, 6) is 1.22. The first-order valence-electron chi connectivity index (χ1n) is 6.47. The van der Waals surface area contributed by atoms with Crippen molar-refractivity contribution in [1.29, 1.82) is 0 Å². The molecule has 0 aromatic heterocycles. The molecule has 0 fully saturated rings. The molecule has 2 heterocycles. The van der Waals surface area contributed by atoms with E-state index in [1.807, 2.05) is 0 Å². The molecule has 0 amide bonds. The lowest BCUT2D eigenvalue weighted by atomic mass is 9.95. The van der Waals surface area contributed by atoms with Gasteiger partial charge in [-0.1, -0.05) is 43.3 Å². The van der Waals surface area contributed by atoms with Crippen LogP contribution < -0.4 is 0 Å². The van der Waals surface area contributed by atoms with Gasteiger partial charge in [-0.15, -0.1) is 0 Å². The van der Waals surface area contributed by atoms with Gasteiger partial charge >= 0.3 is 0 Å². The van der Waals surface area contributed by atoms with E-state index < -0.39 is 0 Å². The molecular weight excluding hydrogens is 208 g/mol. The molecule has 0 N–H and O–H groups in total. The van der Waals surface area contributed by atoms with Gasteiger partial charge in [0.25, 0.3) is 0 Å². The van der Waals surface area contributed by atoms with Crippen molar-refractivity contribution in [2.75, 3.05) is 13.1 Å². The molecule has 0 saturated carbocycles. The van der Waals surface area contributed by atoms with Gasteiger partial charge in [-0.05, 0) is 18.4 Å². The third-order valence-electron chi connectivity index (χ3n) is 3.71. The number of benzene rings is 1. The van der Waals surface area contributed by atoms with E-state index >= 15 is 0 Å². The third kappa shape index (κ3) is 1.78. The summed E-state index contributed by atoms with van der Waals surface area (Å²) >= 11 is 0. The van der Waals surface area contributed by atoms with Gasteiger partial charge in [-0.2, -0.15) is 0 Å². The minimum absolute atomic E-state index is 0.656. The van der Waals surface area contributed by atoms with Crippen LogP contribution >= 0.6 is 0 Å². The zero-order valence-electron chi connectivity index (χ0n) is 10.3. The second-order valence-corrected chi connectivity index (χ2v) is 4.68. The van der Waals surface area contributed by atoms with Crippen molar-refractivity contribution >= 4 is 11.4 Å². The van der Waals surface area contributed by atoms with Crippen molar-refractivity contribution in [3.63, 3.8) is 0 Å². The summed E-state index contributed by atoms with van der Waals surface area (Å²) < 4.78 is 0. The van der Waals surface area contributed by atoms with Crippen LogP contribution in [0, 0.1) is 0 Å². The fourth-order valence-electron chi connectivity index (χ4n) is 2.78. The predicted molar refractivity (Wildman–Crippen MR) is 72.1 cm³/mol. The number of hydrogen-bond donors (Lipinski definition) is 0. The second-order valence-electron chi connectivity index (χ2n) is 4.68. The summed E-state index contributed by atoms with van der Waals surface area (Å²) in [7, 11) is 0. The van der Waals surface area contributed by atoms with Crippen LogP contribution in [0.5, 0.6) is 0 Å². The number of nitrogens with zero attached hydrogens (tertiary/aromatic N) is 2. The maximum Gasteiger partial charge on any atom is 0.131 e. The van der Waals surface area contributed by atoms with Gasteiger partial charge in [0.05, 0.1) is 6.54 Å². The summed E-state index contributed by atoms with van der Waals surface area (Å²) in [5, 5.41) is 0. The van der Waals surface area contributed by atoms with Gasteiger partial charge in [-0.25, -0.2) is 0 Å². The highest BCUT2D eigenvalue weighted by Crippen LogP contribution is 2.29. The molecule has 2 aliphatic rings. The lowest BCUT2D eigenvalue weighted by molar-refractivity contribution is 0.325. The Kier molecular flexibility index (Phi) is 2.71. The second kappa shape index (κ2) is 4.36. The standard InChI is InChI=1S/C15H18N2/c1-2-13-8-9-14(12-6-4-3-5-7-12)15-16-10-11-17(13)15/h3-7,9,13H,2,8,10-11H2,1H3. The molecule has 0 bridgehead atoms. The molecule has 2 aliphatic heterocycles. The van der Waals surface area contributed by atoms with Gasteiger partial charge in [0.1, 0.15) is 5.84 Å². The van der Waals surface area contributed by atoms with Crippen LogP contribution in [0.4, 0.5) is 0 Å². The van der Waals surface area contributed by atoms with Crippen LogP contribution in [-0.2, 0) is 0 Å². The lowest BCUT2D eigenvalue weighted by Gasteiger charge is -2.34. The highest BCUT2D eigenvalue weighted by atomic mass is 15.3. The van der Waals surface area contributed by atoms with Gasteiger partial charge in [0.15, 0.2) is 0 Å². The number of aliphatic imine (C=N–C) groups is 1. The average Bonchev–Trinajstić information content (AvgIpc) is 2.88. The number of fused-ring (bicyclic) bond motifs is 1. The Bertz CT molecular complexity index is 459. The molecular formula is C15H18N2. The minimum atomic E-state index is 0.656. The summed E-state index contributed by atoms with van der Waals surface area (Å²) in [5.41, 5.74) is 2.63. The zero-order valence-corrected chi connectivity index (χ0v) is 10.3. The quantitative estimate of drug-likeness (QED) is 0.757. The van der Waals surface area contributed by atoms with Crippen LogP contribution in [0.1, 0.15) is 25.3 Å². The molecule has 2 heteroatoms. The predicted octanol–water partition coefficient (Wildman–Crippen LogP) is 2.97. The summed E-state index contributed by atoms with van der Waals surface area (Å²) in [6.45, 7) is 4.32. The van der Waals surface area contributed by atoms with Crippen molar-refractivity contribution < 1.29 is 0 Å². The molecule has 2 nitrogen and oxygen atoms in total. The molecule has 0 aliphatic carbocycles. The van der Waals surface area contributed by atoms with Crippen LogP contribution in [0.2, 0.25) is 0 Å². The van der Waals surface area contributed by atoms with E-state index in [0.29, 0.717) is 6.04 Å². The largest absolute Gasteiger partial charge is 0.351 e. The maximum absolute atomic E-state index is 4.69. The fourth-order valence-corrected chi connectivity index (χ4v) is 2.78. The van der Waals surface area contributed by atoms with Gasteiger partial charge in [-0.3, -0.25) is 4.99 Å². The van der Waals surface area contributed by atoms with Crippen molar-refractivity contribution in [2.24, 2.45) is 4.99 Å². The van der Waals surface area contributed by atoms with E-state index in [-0.39, 0.29) is 0 Å². The summed E-state index contributed by atoms with van der Waals surface area (Å²) in [4.78, 5) is 7.18. The summed E-state index contributed by atoms with van der Waals surface area (Å²) in [6.07, 6.45) is 4.72. The molecule has 17 heavy (non-hydrogen) atoms. The zero-order chi connectivity index (χ0) is 11.7. The van der Waals surface area contributed by atoms with Crippen molar-refractivity contribution in [2.45, 2.75) is 25.8 Å². The van der Waals surface area contributed by atoms with Crippen molar-refractivity contribution in [3.8, 4) is 0 Å². The van der Waals surface area contributed by atoms with E-state index in [9.17, 15) is 0 Å². The Balaban J connectivity index is 1.98. The summed E-state index contributed by atoms with van der Waals surface area (Å²) in [6, 6.07) is 11.3. The molecule has 0 spiro atoms. The van der Waals surface area contributed by atoms with Gasteiger partial charge in [0.2, 0.25) is 0 Å². The Hall–Kier alpha value is -1.57. The van der Waals surface area contributed by atoms with Gasteiger partial charge < -0.3 is 4.90 Å². The molecule has 1 aromatic rings. The normalized spacial score (nSPS) is 23.1. The molecule has 1 atom stereocenters. The molecule has 1 unspecified atom stereocenters. The molecule has 0 saturated heterocycles. The smallest absolute Gasteiger partial charge is 0.131 e. The minimum Gasteiger partial charge on any atom is -0.351 e. The van der Waals surface area contributed by atoms with Crippen LogP contribution in [0.15, 0.2) is 41.4 Å². The first-order valence-corrected chi connectivity index (χ1v) is 6.47. The molecule has 3 rings (SSSR count). The third-order valence-corrected chi connectivity index (χ3v) is 3.71. The van der Waals surface area contributed by atoms with E-state index in [2.05, 4.69) is 53.2 Å². The number of hydrogen-bond acceptors (Lipinski definition) is 2. The monoisotopic (exact) mass is 226 g/mol. The molecule has 0 radical (unpaired) electrons. The van der Waals surface area contributed by atoms with Gasteiger partial charge in [0, 0.05) is 18.2 Å². The van der Waals surface area contributed by atoms with E-state index in [0.717, 1.165) is 19.5 Å². The Labute approximate surface area is 103 Å². The highest BCUT2D eigenvalue weighted by molar-refractivity contribution is 6.23. The van der Waals surface area contributed by atoms with E-state index in [1.165, 1.54) is 23.4 Å². The number of amidine groups is 1. The van der Waals surface area contributed by atoms with Crippen molar-refractivity contribution in [3.05, 3.63) is 42.0 Å².